The predicted molar refractivity (Wildman–Crippen MR) is 72.0 cm³/mol. The molecule has 2 N–H and O–H groups in total. The quantitative estimate of drug-likeness (QED) is 0.797. The lowest BCUT2D eigenvalue weighted by Gasteiger charge is -2.19. The summed E-state index contributed by atoms with van der Waals surface area (Å²) >= 11 is 0. The van der Waals surface area contributed by atoms with E-state index in [0.717, 1.165) is 16.5 Å². The zero-order valence-corrected chi connectivity index (χ0v) is 11.1. The van der Waals surface area contributed by atoms with Gasteiger partial charge in [-0.2, -0.15) is 0 Å². The summed E-state index contributed by atoms with van der Waals surface area (Å²) in [5.74, 6) is -1.53. The molecule has 110 valence electrons. The van der Waals surface area contributed by atoms with Crippen LogP contribution in [0.4, 0.5) is 4.79 Å². The van der Waals surface area contributed by atoms with Gasteiger partial charge < -0.3 is 15.2 Å². The molecule has 2 rings (SSSR count). The van der Waals surface area contributed by atoms with Gasteiger partial charge in [-0.05, 0) is 11.6 Å². The van der Waals surface area contributed by atoms with Gasteiger partial charge in [0.15, 0.2) is 0 Å². The Hall–Kier alpha value is -2.83. The monoisotopic (exact) mass is 290 g/mol. The summed E-state index contributed by atoms with van der Waals surface area (Å²) in [5.41, 5.74) is 0.821. The number of carbonyl (C=O) groups excluding carboxylic acids is 2. The Morgan fingerprint density at radius 1 is 1.38 bits per heavy atom. The van der Waals surface area contributed by atoms with Gasteiger partial charge in [-0.1, -0.05) is 30.3 Å². The molecule has 1 atom stereocenters. The van der Waals surface area contributed by atoms with Gasteiger partial charge in [-0.3, -0.25) is 9.69 Å². The van der Waals surface area contributed by atoms with E-state index in [4.69, 9.17) is 9.84 Å². The van der Waals surface area contributed by atoms with Crippen LogP contribution in [-0.4, -0.2) is 40.7 Å². The summed E-state index contributed by atoms with van der Waals surface area (Å²) in [4.78, 5) is 34.9. The highest BCUT2D eigenvalue weighted by molar-refractivity contribution is 5.87. The van der Waals surface area contributed by atoms with Crippen LogP contribution in [-0.2, 0) is 20.9 Å². The van der Waals surface area contributed by atoms with Crippen LogP contribution in [0, 0.1) is 0 Å². The maximum Gasteiger partial charge on any atom is 0.412 e. The smallest absolute Gasteiger partial charge is 0.412 e. The minimum absolute atomic E-state index is 0.0831. The van der Waals surface area contributed by atoms with Gasteiger partial charge >= 0.3 is 12.1 Å². The van der Waals surface area contributed by atoms with Crippen molar-refractivity contribution in [2.45, 2.75) is 12.8 Å². The first-order chi connectivity index (χ1) is 10.1. The molecule has 0 saturated carbocycles. The molecule has 0 bridgehead atoms. The van der Waals surface area contributed by atoms with E-state index in [1.165, 1.54) is 6.08 Å². The van der Waals surface area contributed by atoms with E-state index < -0.39 is 18.2 Å². The number of ether oxygens (including phenoxy) is 1. The molecule has 1 heterocycles. The van der Waals surface area contributed by atoms with Gasteiger partial charge in [-0.15, -0.1) is 0 Å². The van der Waals surface area contributed by atoms with Gasteiger partial charge in [0.25, 0.3) is 0 Å². The van der Waals surface area contributed by atoms with Crippen LogP contribution in [0.15, 0.2) is 42.5 Å². The van der Waals surface area contributed by atoms with Gasteiger partial charge in [-0.25, -0.2) is 9.59 Å². The molecular weight excluding hydrogens is 276 g/mol. The third-order valence-electron chi connectivity index (χ3n) is 2.82. The molecule has 1 aromatic rings. The van der Waals surface area contributed by atoms with Crippen molar-refractivity contribution in [1.29, 1.82) is 0 Å². The second-order valence-corrected chi connectivity index (χ2v) is 4.38. The molecule has 1 aliphatic rings. The van der Waals surface area contributed by atoms with E-state index in [9.17, 15) is 14.4 Å². The predicted octanol–water partition coefficient (Wildman–Crippen LogP) is 0.722. The van der Waals surface area contributed by atoms with Gasteiger partial charge in [0, 0.05) is 6.08 Å². The number of rotatable bonds is 4. The normalized spacial score (nSPS) is 17.8. The molecule has 0 aromatic heterocycles. The maximum absolute atomic E-state index is 11.9. The zero-order chi connectivity index (χ0) is 15.2. The summed E-state index contributed by atoms with van der Waals surface area (Å²) in [5, 5.41) is 11.1. The molecule has 0 spiro atoms. The fourth-order valence-electron chi connectivity index (χ4n) is 1.85. The lowest BCUT2D eigenvalue weighted by atomic mass is 10.2. The van der Waals surface area contributed by atoms with E-state index in [2.05, 4.69) is 5.32 Å². The van der Waals surface area contributed by atoms with Crippen LogP contribution < -0.4 is 5.32 Å². The fourth-order valence-corrected chi connectivity index (χ4v) is 1.85. The highest BCUT2D eigenvalue weighted by Crippen LogP contribution is 2.10. The summed E-state index contributed by atoms with van der Waals surface area (Å²) in [6.07, 6.45) is 0.596. The second kappa shape index (κ2) is 6.56. The Morgan fingerprint density at radius 3 is 2.76 bits per heavy atom. The molecule has 1 aliphatic heterocycles. The van der Waals surface area contributed by atoms with Crippen LogP contribution in [0.1, 0.15) is 5.56 Å². The van der Waals surface area contributed by atoms with E-state index in [0.29, 0.717) is 0 Å². The summed E-state index contributed by atoms with van der Waals surface area (Å²) < 4.78 is 5.11. The standard InChI is InChI=1S/C14H14N2O5/c17-12-8-16(11(15-12)6-7-13(18)19)14(20)21-9-10-4-2-1-3-5-10/h1-7,11H,8-9H2,(H,15,17)(H,18,19)/b7-6+. The van der Waals surface area contributed by atoms with Crippen molar-refractivity contribution < 1.29 is 24.2 Å². The molecule has 0 aliphatic carbocycles. The van der Waals surface area contributed by atoms with Crippen molar-refractivity contribution in [3.63, 3.8) is 0 Å². The van der Waals surface area contributed by atoms with Crippen LogP contribution in [0.2, 0.25) is 0 Å². The Balaban J connectivity index is 1.96. The van der Waals surface area contributed by atoms with Crippen LogP contribution >= 0.6 is 0 Å². The molecule has 1 fully saturated rings. The number of nitrogens with one attached hydrogen (secondary N) is 1. The van der Waals surface area contributed by atoms with Crippen LogP contribution in [0.5, 0.6) is 0 Å². The van der Waals surface area contributed by atoms with Crippen molar-refractivity contribution in [1.82, 2.24) is 10.2 Å². The van der Waals surface area contributed by atoms with E-state index >= 15 is 0 Å². The average Bonchev–Trinajstić information content (AvgIpc) is 2.85. The molecule has 7 heteroatoms. The topological polar surface area (TPSA) is 95.9 Å². The van der Waals surface area contributed by atoms with E-state index in [-0.39, 0.29) is 19.1 Å². The zero-order valence-electron chi connectivity index (χ0n) is 11.1. The number of carboxylic acid groups (broad SMARTS) is 1. The fraction of sp³-hybridized carbons (Fsp3) is 0.214. The number of aliphatic carboxylic acids is 1. The number of carboxylic acids is 1. The Bertz CT molecular complexity index is 570. The van der Waals surface area contributed by atoms with Gasteiger partial charge in [0.2, 0.25) is 5.91 Å². The Labute approximate surface area is 120 Å². The van der Waals surface area contributed by atoms with Crippen molar-refractivity contribution in [3.05, 3.63) is 48.0 Å². The van der Waals surface area contributed by atoms with Crippen LogP contribution in [0.3, 0.4) is 0 Å². The van der Waals surface area contributed by atoms with Crippen molar-refractivity contribution in [2.24, 2.45) is 0 Å². The third kappa shape index (κ3) is 4.07. The van der Waals surface area contributed by atoms with Crippen molar-refractivity contribution >= 4 is 18.0 Å². The number of hydrogen-bond donors (Lipinski definition) is 2. The largest absolute Gasteiger partial charge is 0.478 e. The maximum atomic E-state index is 11.9. The molecular formula is C14H14N2O5. The van der Waals surface area contributed by atoms with Gasteiger partial charge in [0.1, 0.15) is 19.3 Å². The van der Waals surface area contributed by atoms with Crippen molar-refractivity contribution in [2.75, 3.05) is 6.54 Å². The molecule has 1 unspecified atom stereocenters. The SMILES string of the molecule is O=C(O)/C=C/C1NC(=O)CN1C(=O)OCc1ccccc1. The van der Waals surface area contributed by atoms with Crippen molar-refractivity contribution in [3.8, 4) is 0 Å². The molecule has 1 saturated heterocycles. The molecule has 21 heavy (non-hydrogen) atoms. The minimum Gasteiger partial charge on any atom is -0.478 e. The lowest BCUT2D eigenvalue weighted by Crippen LogP contribution is -2.39. The first-order valence-electron chi connectivity index (χ1n) is 6.24. The number of amides is 2. The highest BCUT2D eigenvalue weighted by Gasteiger charge is 2.32. The molecule has 2 amide bonds. The number of hydrogen-bond acceptors (Lipinski definition) is 4. The first kappa shape index (κ1) is 14.6. The Morgan fingerprint density at radius 2 is 2.10 bits per heavy atom. The minimum atomic E-state index is -1.16. The first-order valence-corrected chi connectivity index (χ1v) is 6.24. The summed E-state index contributed by atoms with van der Waals surface area (Å²) in [6, 6.07) is 9.11. The van der Waals surface area contributed by atoms with Gasteiger partial charge in [0.05, 0.1) is 0 Å². The number of benzene rings is 1. The van der Waals surface area contributed by atoms with E-state index in [1.54, 1.807) is 0 Å². The number of nitrogens with zero attached hydrogens (tertiary/aromatic N) is 1. The molecule has 0 radical (unpaired) electrons. The Kier molecular flexibility index (Phi) is 4.55. The summed E-state index contributed by atoms with van der Waals surface area (Å²) in [7, 11) is 0. The second-order valence-electron chi connectivity index (χ2n) is 4.38. The molecule has 7 nitrogen and oxygen atoms in total. The van der Waals surface area contributed by atoms with Crippen LogP contribution in [0.25, 0.3) is 0 Å². The third-order valence-corrected chi connectivity index (χ3v) is 2.82. The lowest BCUT2D eigenvalue weighted by molar-refractivity contribution is -0.131. The average molecular weight is 290 g/mol. The highest BCUT2D eigenvalue weighted by atomic mass is 16.6. The number of carbonyl (C=O) groups is 3. The molecule has 1 aromatic carbocycles. The summed E-state index contributed by atoms with van der Waals surface area (Å²) in [6.45, 7) is -0.0814. The van der Waals surface area contributed by atoms with E-state index in [1.807, 2.05) is 30.3 Å².